The zero-order valence-electron chi connectivity index (χ0n) is 15.2. The maximum absolute atomic E-state index is 12.5. The van der Waals surface area contributed by atoms with Gasteiger partial charge in [0, 0.05) is 24.7 Å². The third-order valence-corrected chi connectivity index (χ3v) is 4.88. The molecule has 1 heterocycles. The fourth-order valence-electron chi connectivity index (χ4n) is 3.15. The molecule has 7 heteroatoms. The summed E-state index contributed by atoms with van der Waals surface area (Å²) in [5.74, 6) is 0.318. The minimum atomic E-state index is -0.337. The Kier molecular flexibility index (Phi) is 6.55. The molecule has 1 amide bonds. The Bertz CT molecular complexity index is 776. The number of halogens is 1. The minimum absolute atomic E-state index is 0.00167. The Morgan fingerprint density at radius 3 is 2.59 bits per heavy atom. The summed E-state index contributed by atoms with van der Waals surface area (Å²) in [6, 6.07) is 12.3. The van der Waals surface area contributed by atoms with Crippen LogP contribution in [0.2, 0.25) is 5.02 Å². The highest BCUT2D eigenvalue weighted by Gasteiger charge is 2.24. The Balaban J connectivity index is 1.75. The first-order chi connectivity index (χ1) is 13.1. The molecule has 0 aliphatic carbocycles. The van der Waals surface area contributed by atoms with Crippen LogP contribution in [0, 0.1) is 0 Å². The van der Waals surface area contributed by atoms with Gasteiger partial charge in [0.1, 0.15) is 11.5 Å². The van der Waals surface area contributed by atoms with Crippen molar-refractivity contribution in [3.63, 3.8) is 0 Å². The van der Waals surface area contributed by atoms with Crippen molar-refractivity contribution in [3.05, 3.63) is 58.6 Å². The molecule has 1 aliphatic rings. The second-order valence-corrected chi connectivity index (χ2v) is 6.75. The number of ether oxygens (including phenoxy) is 2. The average Bonchev–Trinajstić information content (AvgIpc) is 2.69. The van der Waals surface area contributed by atoms with E-state index in [0.717, 1.165) is 24.4 Å². The largest absolute Gasteiger partial charge is 0.507 e. The maximum Gasteiger partial charge on any atom is 0.255 e. The van der Waals surface area contributed by atoms with Gasteiger partial charge in [0.25, 0.3) is 5.91 Å². The summed E-state index contributed by atoms with van der Waals surface area (Å²) in [5, 5.41) is 13.3. The second kappa shape index (κ2) is 9.08. The van der Waals surface area contributed by atoms with Crippen molar-refractivity contribution in [3.8, 4) is 11.5 Å². The van der Waals surface area contributed by atoms with E-state index < -0.39 is 0 Å². The number of hydrogen-bond acceptors (Lipinski definition) is 5. The van der Waals surface area contributed by atoms with Gasteiger partial charge in [-0.2, -0.15) is 0 Å². The number of benzene rings is 2. The summed E-state index contributed by atoms with van der Waals surface area (Å²) in [6.45, 7) is 3.32. The number of phenols is 1. The van der Waals surface area contributed by atoms with Crippen molar-refractivity contribution < 1.29 is 19.4 Å². The number of methoxy groups -OCH3 is 1. The van der Waals surface area contributed by atoms with Gasteiger partial charge in [0.15, 0.2) is 0 Å². The van der Waals surface area contributed by atoms with Crippen molar-refractivity contribution in [1.29, 1.82) is 0 Å². The molecular weight excluding hydrogens is 368 g/mol. The standard InChI is InChI=1S/C20H23ClN2O4/c1-26-16-5-2-14(3-6-16)18(23-8-10-27-11-9-23)13-22-20(25)17-7-4-15(21)12-19(17)24/h2-7,12,18,24H,8-11,13H2,1H3,(H,22,25)/t18-/m1/s1. The minimum Gasteiger partial charge on any atom is -0.507 e. The fraction of sp³-hybridized carbons (Fsp3) is 0.350. The van der Waals surface area contributed by atoms with Crippen LogP contribution in [0.5, 0.6) is 11.5 Å². The van der Waals surface area contributed by atoms with E-state index in [1.54, 1.807) is 13.2 Å². The van der Waals surface area contributed by atoms with Crippen molar-refractivity contribution >= 4 is 17.5 Å². The van der Waals surface area contributed by atoms with Gasteiger partial charge in [-0.25, -0.2) is 0 Å². The van der Waals surface area contributed by atoms with Crippen molar-refractivity contribution in [2.75, 3.05) is 40.0 Å². The normalized spacial score (nSPS) is 15.9. The van der Waals surface area contributed by atoms with Crippen molar-refractivity contribution in [1.82, 2.24) is 10.2 Å². The molecule has 1 atom stereocenters. The number of carbonyl (C=O) groups excluding carboxylic acids is 1. The van der Waals surface area contributed by atoms with E-state index >= 15 is 0 Å². The third kappa shape index (κ3) is 4.91. The fourth-order valence-corrected chi connectivity index (χ4v) is 3.32. The molecule has 1 fully saturated rings. The summed E-state index contributed by atoms with van der Waals surface area (Å²) < 4.78 is 10.7. The van der Waals surface area contributed by atoms with Gasteiger partial charge in [-0.15, -0.1) is 0 Å². The van der Waals surface area contributed by atoms with Crippen molar-refractivity contribution in [2.24, 2.45) is 0 Å². The summed E-state index contributed by atoms with van der Waals surface area (Å²) in [5.41, 5.74) is 1.29. The van der Waals surface area contributed by atoms with E-state index in [9.17, 15) is 9.90 Å². The topological polar surface area (TPSA) is 71.0 Å². The molecule has 6 nitrogen and oxygen atoms in total. The van der Waals surface area contributed by atoms with Crippen LogP contribution in [0.4, 0.5) is 0 Å². The van der Waals surface area contributed by atoms with Crippen LogP contribution in [0.3, 0.4) is 0 Å². The van der Waals surface area contributed by atoms with Crippen LogP contribution >= 0.6 is 11.6 Å². The van der Waals surface area contributed by atoms with Crippen LogP contribution in [-0.4, -0.2) is 55.9 Å². The maximum atomic E-state index is 12.5. The van der Waals surface area contributed by atoms with Crippen LogP contribution in [0.15, 0.2) is 42.5 Å². The predicted octanol–water partition coefficient (Wildman–Crippen LogP) is 2.86. The summed E-state index contributed by atoms with van der Waals surface area (Å²) in [6.07, 6.45) is 0. The number of phenolic OH excluding ortho intramolecular Hbond substituents is 1. The number of hydrogen-bond donors (Lipinski definition) is 2. The van der Waals surface area contributed by atoms with E-state index in [4.69, 9.17) is 21.1 Å². The van der Waals surface area contributed by atoms with Gasteiger partial charge in [-0.3, -0.25) is 9.69 Å². The van der Waals surface area contributed by atoms with Crippen LogP contribution in [0.25, 0.3) is 0 Å². The van der Waals surface area contributed by atoms with Gasteiger partial charge in [0.05, 0.1) is 31.9 Å². The van der Waals surface area contributed by atoms with Crippen LogP contribution in [-0.2, 0) is 4.74 Å². The molecule has 1 saturated heterocycles. The molecule has 2 aromatic carbocycles. The van der Waals surface area contributed by atoms with Gasteiger partial charge >= 0.3 is 0 Å². The van der Waals surface area contributed by atoms with E-state index in [0.29, 0.717) is 24.8 Å². The number of aromatic hydroxyl groups is 1. The summed E-state index contributed by atoms with van der Waals surface area (Å²) >= 11 is 5.83. The summed E-state index contributed by atoms with van der Waals surface area (Å²) in [7, 11) is 1.63. The van der Waals surface area contributed by atoms with Gasteiger partial charge in [-0.1, -0.05) is 23.7 Å². The number of nitrogens with zero attached hydrogens (tertiary/aromatic N) is 1. The highest BCUT2D eigenvalue weighted by Crippen LogP contribution is 2.25. The highest BCUT2D eigenvalue weighted by atomic mass is 35.5. The van der Waals surface area contributed by atoms with E-state index in [-0.39, 0.29) is 23.3 Å². The number of nitrogens with one attached hydrogen (secondary N) is 1. The lowest BCUT2D eigenvalue weighted by molar-refractivity contribution is 0.0162. The Morgan fingerprint density at radius 1 is 1.26 bits per heavy atom. The molecular formula is C20H23ClN2O4. The lowest BCUT2D eigenvalue weighted by Crippen LogP contribution is -2.43. The molecule has 0 radical (unpaired) electrons. The molecule has 27 heavy (non-hydrogen) atoms. The lowest BCUT2D eigenvalue weighted by Gasteiger charge is -2.35. The predicted molar refractivity (Wildman–Crippen MR) is 104 cm³/mol. The molecule has 0 spiro atoms. The number of amides is 1. The Labute approximate surface area is 163 Å². The number of rotatable bonds is 6. The molecule has 0 bridgehead atoms. The average molecular weight is 391 g/mol. The summed E-state index contributed by atoms with van der Waals surface area (Å²) in [4.78, 5) is 14.8. The molecule has 2 aromatic rings. The van der Waals surface area contributed by atoms with Gasteiger partial charge < -0.3 is 19.9 Å². The van der Waals surface area contributed by atoms with Gasteiger partial charge in [-0.05, 0) is 35.9 Å². The smallest absolute Gasteiger partial charge is 0.255 e. The van der Waals surface area contributed by atoms with Crippen LogP contribution in [0.1, 0.15) is 22.0 Å². The first-order valence-corrected chi connectivity index (χ1v) is 9.18. The van der Waals surface area contributed by atoms with E-state index in [2.05, 4.69) is 10.2 Å². The number of morpholine rings is 1. The molecule has 0 aromatic heterocycles. The highest BCUT2D eigenvalue weighted by molar-refractivity contribution is 6.30. The van der Waals surface area contributed by atoms with E-state index in [1.165, 1.54) is 12.1 Å². The molecule has 0 saturated carbocycles. The van der Waals surface area contributed by atoms with Crippen LogP contribution < -0.4 is 10.1 Å². The second-order valence-electron chi connectivity index (χ2n) is 6.31. The zero-order chi connectivity index (χ0) is 19.2. The quantitative estimate of drug-likeness (QED) is 0.793. The first kappa shape index (κ1) is 19.5. The third-order valence-electron chi connectivity index (χ3n) is 4.65. The number of carbonyl (C=O) groups is 1. The Hall–Kier alpha value is -2.28. The molecule has 1 aliphatic heterocycles. The lowest BCUT2D eigenvalue weighted by atomic mass is 10.0. The molecule has 144 valence electrons. The van der Waals surface area contributed by atoms with E-state index in [1.807, 2.05) is 24.3 Å². The molecule has 0 unspecified atom stereocenters. The molecule has 3 rings (SSSR count). The monoisotopic (exact) mass is 390 g/mol. The first-order valence-electron chi connectivity index (χ1n) is 8.81. The van der Waals surface area contributed by atoms with Crippen molar-refractivity contribution in [2.45, 2.75) is 6.04 Å². The SMILES string of the molecule is COc1ccc([C@@H](CNC(=O)c2ccc(Cl)cc2O)N2CCOCC2)cc1. The molecule has 2 N–H and O–H groups in total. The zero-order valence-corrected chi connectivity index (χ0v) is 15.9. The Morgan fingerprint density at radius 2 is 1.96 bits per heavy atom. The van der Waals surface area contributed by atoms with Gasteiger partial charge in [0.2, 0.25) is 0 Å².